The van der Waals surface area contributed by atoms with Gasteiger partial charge in [-0.1, -0.05) is 11.8 Å². The van der Waals surface area contributed by atoms with Crippen molar-refractivity contribution in [3.8, 4) is 0 Å². The molecule has 0 atom stereocenters. The van der Waals surface area contributed by atoms with Gasteiger partial charge < -0.3 is 10.1 Å². The van der Waals surface area contributed by atoms with E-state index in [-0.39, 0.29) is 29.6 Å². The summed E-state index contributed by atoms with van der Waals surface area (Å²) in [7, 11) is 0. The summed E-state index contributed by atoms with van der Waals surface area (Å²) < 4.78 is 6.57. The number of carbonyl (C=O) groups excluding carboxylic acids is 2. The van der Waals surface area contributed by atoms with Crippen molar-refractivity contribution in [2.75, 3.05) is 17.7 Å². The van der Waals surface area contributed by atoms with Crippen LogP contribution in [0.2, 0.25) is 0 Å². The van der Waals surface area contributed by atoms with E-state index in [0.29, 0.717) is 29.1 Å². The first-order valence-electron chi connectivity index (χ1n) is 10.6. The normalized spacial score (nSPS) is 13.2. The lowest BCUT2D eigenvalue weighted by Crippen LogP contribution is -2.24. The molecule has 8 nitrogen and oxygen atoms in total. The zero-order valence-electron chi connectivity index (χ0n) is 17.9. The van der Waals surface area contributed by atoms with Crippen LogP contribution in [0.1, 0.15) is 42.8 Å². The Morgan fingerprint density at radius 1 is 1.25 bits per heavy atom. The van der Waals surface area contributed by atoms with Crippen LogP contribution >= 0.6 is 34.4 Å². The molecule has 0 fully saturated rings. The summed E-state index contributed by atoms with van der Waals surface area (Å²) in [4.78, 5) is 48.2. The third kappa shape index (κ3) is 4.89. The number of nitrogens with one attached hydrogen (secondary N) is 1. The first kappa shape index (κ1) is 22.9. The number of hydrogen-bond acceptors (Lipinski definition) is 9. The molecule has 0 unspecified atom stereocenters. The number of aromatic nitrogens is 3. The molecule has 0 aromatic carbocycles. The van der Waals surface area contributed by atoms with E-state index in [1.54, 1.807) is 28.2 Å². The van der Waals surface area contributed by atoms with Crippen molar-refractivity contribution >= 4 is 61.7 Å². The number of rotatable bonds is 8. The quantitative estimate of drug-likeness (QED) is 0.291. The van der Waals surface area contributed by atoms with Crippen molar-refractivity contribution in [2.45, 2.75) is 57.7 Å². The van der Waals surface area contributed by atoms with Crippen molar-refractivity contribution in [1.82, 2.24) is 14.5 Å². The maximum Gasteiger partial charge on any atom is 0.311 e. The van der Waals surface area contributed by atoms with Crippen LogP contribution in [-0.2, 0) is 40.1 Å². The minimum Gasteiger partial charge on any atom is -0.466 e. The molecule has 3 heterocycles. The highest BCUT2D eigenvalue weighted by molar-refractivity contribution is 7.99. The topological polar surface area (TPSA) is 103 Å². The second-order valence-corrected chi connectivity index (χ2v) is 10.2. The van der Waals surface area contributed by atoms with Crippen LogP contribution in [0, 0.1) is 0 Å². The molecule has 0 aliphatic heterocycles. The van der Waals surface area contributed by atoms with E-state index < -0.39 is 0 Å². The number of esters is 1. The van der Waals surface area contributed by atoms with E-state index in [0.717, 1.165) is 35.9 Å². The number of fused-ring (bicyclic) bond motifs is 3. The van der Waals surface area contributed by atoms with Gasteiger partial charge in [-0.2, -0.15) is 0 Å². The lowest BCUT2D eigenvalue weighted by Gasteiger charge is -2.12. The average molecular weight is 493 g/mol. The molecular weight excluding hydrogens is 468 g/mol. The van der Waals surface area contributed by atoms with Crippen LogP contribution in [0.5, 0.6) is 0 Å². The molecule has 32 heavy (non-hydrogen) atoms. The largest absolute Gasteiger partial charge is 0.466 e. The number of carbonyl (C=O) groups is 2. The Labute approximate surface area is 197 Å². The molecule has 4 rings (SSSR count). The van der Waals surface area contributed by atoms with Crippen LogP contribution in [0.25, 0.3) is 10.2 Å². The number of aryl methyl sites for hydroxylation is 2. The third-order valence-electron chi connectivity index (χ3n) is 5.12. The van der Waals surface area contributed by atoms with Gasteiger partial charge in [-0.15, -0.1) is 22.7 Å². The summed E-state index contributed by atoms with van der Waals surface area (Å²) in [5, 5.41) is 6.22. The maximum atomic E-state index is 13.2. The van der Waals surface area contributed by atoms with Gasteiger partial charge in [-0.25, -0.2) is 9.97 Å². The summed E-state index contributed by atoms with van der Waals surface area (Å²) in [5.74, 6) is -0.481. The second kappa shape index (κ2) is 10.1. The Balaban J connectivity index is 1.45. The Bertz CT molecular complexity index is 1210. The SMILES string of the molecule is CCOC(=O)Cc1csc(NC(=O)CSc2nc3sc4c(c3c(=O)n2CC)CCCC4)n1. The van der Waals surface area contributed by atoms with Crippen LogP contribution in [-0.4, -0.2) is 38.8 Å². The van der Waals surface area contributed by atoms with Crippen LogP contribution in [0.3, 0.4) is 0 Å². The molecule has 11 heteroatoms. The molecule has 3 aromatic rings. The van der Waals surface area contributed by atoms with Gasteiger partial charge >= 0.3 is 5.97 Å². The standard InChI is InChI=1S/C21H24N4O4S3/c1-3-25-19(28)17-13-7-5-6-8-14(13)32-18(17)24-21(25)31-11-15(26)23-20-22-12(10-30-20)9-16(27)29-4-2/h10H,3-9,11H2,1-2H3,(H,22,23,26). The van der Waals surface area contributed by atoms with Gasteiger partial charge in [0.25, 0.3) is 5.56 Å². The molecule has 0 radical (unpaired) electrons. The first-order chi connectivity index (χ1) is 15.5. The van der Waals surface area contributed by atoms with Crippen molar-refractivity contribution < 1.29 is 14.3 Å². The number of ether oxygens (including phenoxy) is 1. The molecule has 3 aromatic heterocycles. The van der Waals surface area contributed by atoms with Gasteiger partial charge in [0.1, 0.15) is 4.83 Å². The Morgan fingerprint density at radius 2 is 2.06 bits per heavy atom. The summed E-state index contributed by atoms with van der Waals surface area (Å²) >= 11 is 4.12. The van der Waals surface area contributed by atoms with Gasteiger partial charge in [-0.3, -0.25) is 19.0 Å². The molecule has 1 amide bonds. The molecule has 0 saturated carbocycles. The fourth-order valence-corrected chi connectivity index (χ4v) is 6.59. The van der Waals surface area contributed by atoms with Gasteiger partial charge in [0, 0.05) is 16.8 Å². The Kier molecular flexibility index (Phi) is 7.27. The molecule has 170 valence electrons. The molecular formula is C21H24N4O4S3. The lowest BCUT2D eigenvalue weighted by atomic mass is 9.97. The molecule has 1 aliphatic rings. The smallest absolute Gasteiger partial charge is 0.311 e. The van der Waals surface area contributed by atoms with E-state index >= 15 is 0 Å². The van der Waals surface area contributed by atoms with E-state index in [2.05, 4.69) is 10.3 Å². The summed E-state index contributed by atoms with van der Waals surface area (Å²) in [6, 6.07) is 0. The van der Waals surface area contributed by atoms with Crippen molar-refractivity contribution in [3.05, 3.63) is 31.9 Å². The minimum absolute atomic E-state index is 0.0108. The van der Waals surface area contributed by atoms with E-state index in [1.807, 2.05) is 6.92 Å². The van der Waals surface area contributed by atoms with E-state index in [4.69, 9.17) is 9.72 Å². The number of amides is 1. The van der Waals surface area contributed by atoms with Crippen LogP contribution < -0.4 is 10.9 Å². The number of nitrogens with zero attached hydrogens (tertiary/aromatic N) is 3. The predicted octanol–water partition coefficient (Wildman–Crippen LogP) is 3.65. The lowest BCUT2D eigenvalue weighted by molar-refractivity contribution is -0.142. The van der Waals surface area contributed by atoms with Crippen LogP contribution in [0.4, 0.5) is 5.13 Å². The number of hydrogen-bond donors (Lipinski definition) is 1. The van der Waals surface area contributed by atoms with Gasteiger partial charge in [-0.05, 0) is 45.1 Å². The highest BCUT2D eigenvalue weighted by Crippen LogP contribution is 2.34. The van der Waals surface area contributed by atoms with Crippen molar-refractivity contribution in [3.63, 3.8) is 0 Å². The highest BCUT2D eigenvalue weighted by Gasteiger charge is 2.22. The van der Waals surface area contributed by atoms with Crippen LogP contribution in [0.15, 0.2) is 15.3 Å². The molecule has 0 spiro atoms. The monoisotopic (exact) mass is 492 g/mol. The maximum absolute atomic E-state index is 13.2. The molecule has 0 saturated heterocycles. The first-order valence-corrected chi connectivity index (χ1v) is 13.3. The molecule has 1 N–H and O–H groups in total. The third-order valence-corrected chi connectivity index (χ3v) is 8.09. The van der Waals surface area contributed by atoms with Crippen molar-refractivity contribution in [2.24, 2.45) is 0 Å². The second-order valence-electron chi connectivity index (χ2n) is 7.30. The Morgan fingerprint density at radius 3 is 2.84 bits per heavy atom. The predicted molar refractivity (Wildman–Crippen MR) is 128 cm³/mol. The van der Waals surface area contributed by atoms with E-state index in [9.17, 15) is 14.4 Å². The fourth-order valence-electron chi connectivity index (χ4n) is 3.70. The summed E-state index contributed by atoms with van der Waals surface area (Å²) in [6.45, 7) is 4.48. The number of thiazole rings is 1. The zero-order chi connectivity index (χ0) is 22.7. The Hall–Kier alpha value is -2.24. The fraction of sp³-hybridized carbons (Fsp3) is 0.476. The van der Waals surface area contributed by atoms with Gasteiger partial charge in [0.05, 0.1) is 29.9 Å². The summed E-state index contributed by atoms with van der Waals surface area (Å²) in [5.41, 5.74) is 1.72. The number of thioether (sulfide) groups is 1. The number of anilines is 1. The minimum atomic E-state index is -0.347. The average Bonchev–Trinajstić information content (AvgIpc) is 3.36. The van der Waals surface area contributed by atoms with Gasteiger partial charge in [0.15, 0.2) is 10.3 Å². The van der Waals surface area contributed by atoms with E-state index in [1.165, 1.54) is 33.5 Å². The van der Waals surface area contributed by atoms with Gasteiger partial charge in [0.2, 0.25) is 5.91 Å². The van der Waals surface area contributed by atoms with Crippen molar-refractivity contribution in [1.29, 1.82) is 0 Å². The highest BCUT2D eigenvalue weighted by atomic mass is 32.2. The molecule has 1 aliphatic carbocycles. The number of thiophene rings is 1. The molecule has 0 bridgehead atoms. The summed E-state index contributed by atoms with van der Waals surface area (Å²) in [6.07, 6.45) is 4.29. The zero-order valence-corrected chi connectivity index (χ0v) is 20.4.